The maximum Gasteiger partial charge on any atom is 0.334 e. The molecule has 0 fully saturated rings. The summed E-state index contributed by atoms with van der Waals surface area (Å²) in [4.78, 5) is 11.1. The van der Waals surface area contributed by atoms with Crippen molar-refractivity contribution in [1.82, 2.24) is 0 Å². The molecule has 0 aromatic carbocycles. The average Bonchev–Trinajstić information content (AvgIpc) is 1.97. The zero-order chi connectivity index (χ0) is 8.27. The number of halogens is 1. The van der Waals surface area contributed by atoms with Crippen molar-refractivity contribution in [1.29, 1.82) is 0 Å². The lowest BCUT2D eigenvalue weighted by Gasteiger charge is -2.15. The van der Waals surface area contributed by atoms with E-state index in [1.165, 1.54) is 0 Å². The van der Waals surface area contributed by atoms with Gasteiger partial charge in [0.05, 0.1) is 6.61 Å². The number of rotatable bonds is 2. The van der Waals surface area contributed by atoms with E-state index in [2.05, 4.69) is 22.9 Å². The summed E-state index contributed by atoms with van der Waals surface area (Å²) in [6.07, 6.45) is 2.64. The van der Waals surface area contributed by atoms with Crippen molar-refractivity contribution < 1.29 is 9.53 Å². The Balaban J connectivity index is 2.74. The van der Waals surface area contributed by atoms with Gasteiger partial charge >= 0.3 is 5.97 Å². The highest BCUT2D eigenvalue weighted by atomic mass is 79.9. The van der Waals surface area contributed by atoms with E-state index in [1.54, 1.807) is 0 Å². The first-order chi connectivity index (χ1) is 5.25. The third-order valence-electron chi connectivity index (χ3n) is 1.63. The molecule has 0 aromatic rings. The second-order valence-electron chi connectivity index (χ2n) is 2.52. The molecule has 0 amide bonds. The van der Waals surface area contributed by atoms with Gasteiger partial charge in [-0.15, -0.1) is 0 Å². The minimum absolute atomic E-state index is 0.148. The second kappa shape index (κ2) is 3.90. The fourth-order valence-electron chi connectivity index (χ4n) is 1.07. The summed E-state index contributed by atoms with van der Waals surface area (Å²) >= 11 is 3.37. The van der Waals surface area contributed by atoms with Crippen LogP contribution in [0, 0.1) is 0 Å². The van der Waals surface area contributed by atoms with Gasteiger partial charge in [0.15, 0.2) is 0 Å². The summed E-state index contributed by atoms with van der Waals surface area (Å²) in [5, 5.41) is 0. The zero-order valence-electron chi connectivity index (χ0n) is 6.52. The van der Waals surface area contributed by atoms with Gasteiger partial charge in [0.25, 0.3) is 0 Å². The van der Waals surface area contributed by atoms with E-state index < -0.39 is 0 Å². The molecule has 0 bridgehead atoms. The maximum absolute atomic E-state index is 11.1. The van der Waals surface area contributed by atoms with Crippen LogP contribution >= 0.6 is 15.9 Å². The topological polar surface area (TPSA) is 26.3 Å². The molecule has 0 N–H and O–H groups in total. The summed E-state index contributed by atoms with van der Waals surface area (Å²) in [5.74, 6) is -0.148. The van der Waals surface area contributed by atoms with Crippen LogP contribution in [0.1, 0.15) is 26.2 Å². The van der Waals surface area contributed by atoms with Crippen molar-refractivity contribution >= 4 is 21.9 Å². The van der Waals surface area contributed by atoms with Gasteiger partial charge in [-0.2, -0.15) is 0 Å². The molecule has 0 saturated heterocycles. The van der Waals surface area contributed by atoms with E-state index in [0.29, 0.717) is 6.61 Å². The standard InChI is InChI=1S/C8H11BrO2/c1-2-3-6-7(9)4-5-11-8(6)10/h2-5H2,1H3. The van der Waals surface area contributed by atoms with Crippen molar-refractivity contribution in [3.8, 4) is 0 Å². The summed E-state index contributed by atoms with van der Waals surface area (Å²) < 4.78 is 5.91. The van der Waals surface area contributed by atoms with Gasteiger partial charge in [-0.05, 0) is 6.42 Å². The second-order valence-corrected chi connectivity index (χ2v) is 3.48. The van der Waals surface area contributed by atoms with Crippen molar-refractivity contribution in [3.05, 3.63) is 10.1 Å². The lowest BCUT2D eigenvalue weighted by Crippen LogP contribution is -2.15. The molecular weight excluding hydrogens is 208 g/mol. The highest BCUT2D eigenvalue weighted by molar-refractivity contribution is 9.11. The average molecular weight is 219 g/mol. The molecule has 0 atom stereocenters. The van der Waals surface area contributed by atoms with E-state index in [4.69, 9.17) is 4.74 Å². The fraction of sp³-hybridized carbons (Fsp3) is 0.625. The highest BCUT2D eigenvalue weighted by Gasteiger charge is 2.18. The monoisotopic (exact) mass is 218 g/mol. The number of hydrogen-bond donors (Lipinski definition) is 0. The number of carbonyl (C=O) groups is 1. The number of esters is 1. The molecular formula is C8H11BrO2. The van der Waals surface area contributed by atoms with Gasteiger partial charge in [-0.25, -0.2) is 4.79 Å². The van der Waals surface area contributed by atoms with Crippen molar-refractivity contribution in [2.45, 2.75) is 26.2 Å². The van der Waals surface area contributed by atoms with Gasteiger partial charge in [-0.1, -0.05) is 29.3 Å². The predicted octanol–water partition coefficient (Wildman–Crippen LogP) is 2.38. The van der Waals surface area contributed by atoms with E-state index in [9.17, 15) is 4.79 Å². The summed E-state index contributed by atoms with van der Waals surface area (Å²) in [6.45, 7) is 2.57. The van der Waals surface area contributed by atoms with Crippen LogP contribution in [0.2, 0.25) is 0 Å². The molecule has 0 aliphatic carbocycles. The molecule has 0 spiro atoms. The third kappa shape index (κ3) is 2.06. The number of hydrogen-bond acceptors (Lipinski definition) is 2. The van der Waals surface area contributed by atoms with E-state index in [1.807, 2.05) is 0 Å². The van der Waals surface area contributed by atoms with Gasteiger partial charge in [0.2, 0.25) is 0 Å². The molecule has 1 aliphatic rings. The van der Waals surface area contributed by atoms with E-state index in [-0.39, 0.29) is 5.97 Å². The Morgan fingerprint density at radius 2 is 2.36 bits per heavy atom. The SMILES string of the molecule is CCCC1=C(Br)CCOC1=O. The molecule has 1 heterocycles. The first-order valence-electron chi connectivity index (χ1n) is 3.80. The van der Waals surface area contributed by atoms with Crippen molar-refractivity contribution in [2.24, 2.45) is 0 Å². The molecule has 0 radical (unpaired) electrons. The van der Waals surface area contributed by atoms with E-state index >= 15 is 0 Å². The smallest absolute Gasteiger partial charge is 0.334 e. The maximum atomic E-state index is 11.1. The molecule has 11 heavy (non-hydrogen) atoms. The highest BCUT2D eigenvalue weighted by Crippen LogP contribution is 2.25. The summed E-state index contributed by atoms with van der Waals surface area (Å²) in [7, 11) is 0. The Labute approximate surface area is 74.7 Å². The Morgan fingerprint density at radius 3 is 2.91 bits per heavy atom. The molecule has 2 nitrogen and oxygen atoms in total. The lowest BCUT2D eigenvalue weighted by atomic mass is 10.1. The van der Waals surface area contributed by atoms with Crippen molar-refractivity contribution in [3.63, 3.8) is 0 Å². The summed E-state index contributed by atoms with van der Waals surface area (Å²) in [5.41, 5.74) is 0.818. The molecule has 1 rings (SSSR count). The van der Waals surface area contributed by atoms with Crippen LogP contribution in [0.5, 0.6) is 0 Å². The Kier molecular flexibility index (Phi) is 3.12. The first kappa shape index (κ1) is 8.78. The molecule has 62 valence electrons. The van der Waals surface area contributed by atoms with Crippen LogP contribution in [-0.4, -0.2) is 12.6 Å². The quantitative estimate of drug-likeness (QED) is 0.666. The van der Waals surface area contributed by atoms with Gasteiger partial charge in [0, 0.05) is 16.5 Å². The predicted molar refractivity (Wildman–Crippen MR) is 46.4 cm³/mol. The molecule has 0 unspecified atom stereocenters. The zero-order valence-corrected chi connectivity index (χ0v) is 8.11. The minimum Gasteiger partial charge on any atom is -0.462 e. The van der Waals surface area contributed by atoms with E-state index in [0.717, 1.165) is 29.3 Å². The molecule has 0 saturated carbocycles. The molecule has 1 aliphatic heterocycles. The number of carbonyl (C=O) groups excluding carboxylic acids is 1. The molecule has 3 heteroatoms. The van der Waals surface area contributed by atoms with Crippen LogP contribution in [0.25, 0.3) is 0 Å². The van der Waals surface area contributed by atoms with Gasteiger partial charge < -0.3 is 4.74 Å². The third-order valence-corrected chi connectivity index (χ3v) is 2.50. The molecule has 0 aromatic heterocycles. The number of ether oxygens (including phenoxy) is 1. The number of cyclic esters (lactones) is 1. The van der Waals surface area contributed by atoms with Crippen LogP contribution in [0.3, 0.4) is 0 Å². The normalized spacial score (nSPS) is 18.5. The Hall–Kier alpha value is -0.310. The largest absolute Gasteiger partial charge is 0.462 e. The van der Waals surface area contributed by atoms with Gasteiger partial charge in [-0.3, -0.25) is 0 Å². The summed E-state index contributed by atoms with van der Waals surface area (Å²) in [6, 6.07) is 0. The minimum atomic E-state index is -0.148. The fourth-order valence-corrected chi connectivity index (χ4v) is 1.59. The van der Waals surface area contributed by atoms with Crippen LogP contribution in [0.4, 0.5) is 0 Å². The van der Waals surface area contributed by atoms with Crippen LogP contribution in [-0.2, 0) is 9.53 Å². The van der Waals surface area contributed by atoms with Crippen molar-refractivity contribution in [2.75, 3.05) is 6.61 Å². The van der Waals surface area contributed by atoms with Gasteiger partial charge in [0.1, 0.15) is 0 Å². The van der Waals surface area contributed by atoms with Crippen LogP contribution < -0.4 is 0 Å². The lowest BCUT2D eigenvalue weighted by molar-refractivity contribution is -0.140. The Bertz CT molecular complexity index is 196. The Morgan fingerprint density at radius 1 is 1.64 bits per heavy atom. The first-order valence-corrected chi connectivity index (χ1v) is 4.59. The van der Waals surface area contributed by atoms with Crippen LogP contribution in [0.15, 0.2) is 10.1 Å².